The van der Waals surface area contributed by atoms with E-state index in [9.17, 15) is 9.59 Å². The van der Waals surface area contributed by atoms with Crippen molar-refractivity contribution in [3.8, 4) is 0 Å². The molecule has 6 nitrogen and oxygen atoms in total. The number of ether oxygens (including phenoxy) is 1. The number of rotatable bonds is 5. The first-order valence-corrected chi connectivity index (χ1v) is 6.77. The van der Waals surface area contributed by atoms with Crippen LogP contribution in [-0.4, -0.2) is 41.2 Å². The topological polar surface area (TPSA) is 88.5 Å². The Kier molecular flexibility index (Phi) is 5.06. The van der Waals surface area contributed by atoms with Crippen LogP contribution in [0.4, 0.5) is 0 Å². The molecule has 1 aliphatic rings. The number of carboxylic acid groups (broad SMARTS) is 1. The minimum atomic E-state index is -1.14. The molecule has 0 saturated carbocycles. The molecular weight excluding hydrogens is 260 g/mol. The molecule has 0 aromatic carbocycles. The first-order chi connectivity index (χ1) is 9.66. The van der Waals surface area contributed by atoms with Crippen molar-refractivity contribution in [2.75, 3.05) is 13.2 Å². The van der Waals surface area contributed by atoms with Gasteiger partial charge in [-0.15, -0.1) is 0 Å². The zero-order chi connectivity index (χ0) is 14.4. The highest BCUT2D eigenvalue weighted by molar-refractivity contribution is 5.94. The molecular formula is C14H18N2O4. The molecule has 1 fully saturated rings. The molecule has 1 amide bonds. The van der Waals surface area contributed by atoms with Crippen LogP contribution in [0.15, 0.2) is 18.2 Å². The Morgan fingerprint density at radius 3 is 2.85 bits per heavy atom. The highest BCUT2D eigenvalue weighted by atomic mass is 16.5. The van der Waals surface area contributed by atoms with E-state index in [-0.39, 0.29) is 23.4 Å². The van der Waals surface area contributed by atoms with Crippen LogP contribution >= 0.6 is 0 Å². The summed E-state index contributed by atoms with van der Waals surface area (Å²) in [6.45, 7) is 1.29. The summed E-state index contributed by atoms with van der Waals surface area (Å²) in [5, 5.41) is 11.6. The molecule has 1 aromatic rings. The van der Waals surface area contributed by atoms with Crippen molar-refractivity contribution in [2.45, 2.75) is 31.8 Å². The van der Waals surface area contributed by atoms with Crippen LogP contribution in [-0.2, 0) is 4.74 Å². The summed E-state index contributed by atoms with van der Waals surface area (Å²) in [6, 6.07) is 4.36. The molecule has 1 unspecified atom stereocenters. The lowest BCUT2D eigenvalue weighted by molar-refractivity contribution is 0.0117. The van der Waals surface area contributed by atoms with Crippen LogP contribution in [0.25, 0.3) is 0 Å². The van der Waals surface area contributed by atoms with E-state index < -0.39 is 5.97 Å². The van der Waals surface area contributed by atoms with Crippen molar-refractivity contribution >= 4 is 11.9 Å². The number of nitrogens with one attached hydrogen (secondary N) is 1. The van der Waals surface area contributed by atoms with E-state index in [1.807, 2.05) is 0 Å². The van der Waals surface area contributed by atoms with Gasteiger partial charge in [0.25, 0.3) is 5.91 Å². The predicted molar refractivity (Wildman–Crippen MR) is 71.7 cm³/mol. The summed E-state index contributed by atoms with van der Waals surface area (Å²) in [7, 11) is 0. The lowest BCUT2D eigenvalue weighted by atomic mass is 10.1. The maximum Gasteiger partial charge on any atom is 0.354 e. The molecule has 2 rings (SSSR count). The van der Waals surface area contributed by atoms with Crippen LogP contribution in [0.2, 0.25) is 0 Å². The number of carboxylic acids is 1. The third kappa shape index (κ3) is 4.03. The molecule has 1 aliphatic heterocycles. The Hall–Kier alpha value is -1.95. The lowest BCUT2D eigenvalue weighted by Gasteiger charge is -2.22. The maximum atomic E-state index is 11.9. The highest BCUT2D eigenvalue weighted by Gasteiger charge is 2.15. The average molecular weight is 278 g/mol. The van der Waals surface area contributed by atoms with Crippen molar-refractivity contribution in [2.24, 2.45) is 0 Å². The van der Waals surface area contributed by atoms with Crippen LogP contribution < -0.4 is 5.32 Å². The number of carbonyl (C=O) groups excluding carboxylic acids is 1. The Bertz CT molecular complexity index is 484. The molecule has 2 N–H and O–H groups in total. The van der Waals surface area contributed by atoms with Gasteiger partial charge in [-0.25, -0.2) is 9.78 Å². The summed E-state index contributed by atoms with van der Waals surface area (Å²) in [4.78, 5) is 26.4. The van der Waals surface area contributed by atoms with Gasteiger partial charge in [0.1, 0.15) is 11.4 Å². The van der Waals surface area contributed by atoms with Crippen molar-refractivity contribution in [3.05, 3.63) is 29.6 Å². The monoisotopic (exact) mass is 278 g/mol. The molecule has 1 atom stereocenters. The van der Waals surface area contributed by atoms with Gasteiger partial charge >= 0.3 is 5.97 Å². The SMILES string of the molecule is O=C(O)c1cccc(C(=O)NCCC2CCCCO2)n1. The highest BCUT2D eigenvalue weighted by Crippen LogP contribution is 2.14. The Labute approximate surface area is 117 Å². The van der Waals surface area contributed by atoms with E-state index in [1.54, 1.807) is 0 Å². The van der Waals surface area contributed by atoms with Gasteiger partial charge in [-0.1, -0.05) is 6.07 Å². The Morgan fingerprint density at radius 1 is 1.35 bits per heavy atom. The van der Waals surface area contributed by atoms with Gasteiger partial charge in [-0.3, -0.25) is 4.79 Å². The Morgan fingerprint density at radius 2 is 2.15 bits per heavy atom. The van der Waals surface area contributed by atoms with E-state index in [2.05, 4.69) is 10.3 Å². The van der Waals surface area contributed by atoms with Crippen LogP contribution in [0.3, 0.4) is 0 Å². The maximum absolute atomic E-state index is 11.9. The zero-order valence-corrected chi connectivity index (χ0v) is 11.2. The van der Waals surface area contributed by atoms with Crippen molar-refractivity contribution in [3.63, 3.8) is 0 Å². The average Bonchev–Trinajstić information content (AvgIpc) is 2.48. The first-order valence-electron chi connectivity index (χ1n) is 6.77. The lowest BCUT2D eigenvalue weighted by Crippen LogP contribution is -2.30. The van der Waals surface area contributed by atoms with E-state index in [4.69, 9.17) is 9.84 Å². The quantitative estimate of drug-likeness (QED) is 0.851. The van der Waals surface area contributed by atoms with Gasteiger partial charge in [-0.05, 0) is 37.8 Å². The second-order valence-electron chi connectivity index (χ2n) is 4.75. The van der Waals surface area contributed by atoms with E-state index in [0.717, 1.165) is 25.9 Å². The summed E-state index contributed by atoms with van der Waals surface area (Å²) >= 11 is 0. The van der Waals surface area contributed by atoms with Crippen molar-refractivity contribution in [1.29, 1.82) is 0 Å². The van der Waals surface area contributed by atoms with Crippen LogP contribution in [0, 0.1) is 0 Å². The third-order valence-electron chi connectivity index (χ3n) is 3.23. The van der Waals surface area contributed by atoms with Gasteiger partial charge in [-0.2, -0.15) is 0 Å². The molecule has 1 aromatic heterocycles. The van der Waals surface area contributed by atoms with Crippen molar-refractivity contribution in [1.82, 2.24) is 10.3 Å². The number of amides is 1. The van der Waals surface area contributed by atoms with Crippen LogP contribution in [0.1, 0.15) is 46.7 Å². The summed E-state index contributed by atoms with van der Waals surface area (Å²) < 4.78 is 5.57. The molecule has 0 bridgehead atoms. The number of hydrogen-bond acceptors (Lipinski definition) is 4. The molecule has 0 aliphatic carbocycles. The largest absolute Gasteiger partial charge is 0.477 e. The minimum absolute atomic E-state index is 0.120. The molecule has 108 valence electrons. The van der Waals surface area contributed by atoms with Gasteiger partial charge in [0.15, 0.2) is 0 Å². The minimum Gasteiger partial charge on any atom is -0.477 e. The number of aromatic carboxylic acids is 1. The smallest absolute Gasteiger partial charge is 0.354 e. The first kappa shape index (κ1) is 14.5. The van der Waals surface area contributed by atoms with Crippen molar-refractivity contribution < 1.29 is 19.4 Å². The van der Waals surface area contributed by atoms with Crippen LogP contribution in [0.5, 0.6) is 0 Å². The van der Waals surface area contributed by atoms with E-state index in [1.165, 1.54) is 24.6 Å². The molecule has 1 saturated heterocycles. The molecule has 2 heterocycles. The second-order valence-corrected chi connectivity index (χ2v) is 4.75. The summed E-state index contributed by atoms with van der Waals surface area (Å²) in [5.74, 6) is -1.50. The molecule has 6 heteroatoms. The number of nitrogens with zero attached hydrogens (tertiary/aromatic N) is 1. The number of hydrogen-bond donors (Lipinski definition) is 2. The van der Waals surface area contributed by atoms with Gasteiger partial charge in [0.2, 0.25) is 0 Å². The Balaban J connectivity index is 1.82. The fourth-order valence-corrected chi connectivity index (χ4v) is 2.15. The summed E-state index contributed by atoms with van der Waals surface area (Å²) in [6.07, 6.45) is 4.28. The standard InChI is InChI=1S/C14H18N2O4/c17-13(11-5-3-6-12(16-11)14(18)19)15-8-7-10-4-1-2-9-20-10/h3,5-6,10H,1-2,4,7-9H2,(H,15,17)(H,18,19). The van der Waals surface area contributed by atoms with Gasteiger partial charge in [0, 0.05) is 13.2 Å². The second kappa shape index (κ2) is 7.00. The molecule has 0 radical (unpaired) electrons. The number of aromatic nitrogens is 1. The van der Waals surface area contributed by atoms with E-state index in [0.29, 0.717) is 6.54 Å². The fraction of sp³-hybridized carbons (Fsp3) is 0.500. The fourth-order valence-electron chi connectivity index (χ4n) is 2.15. The van der Waals surface area contributed by atoms with Gasteiger partial charge in [0.05, 0.1) is 6.10 Å². The third-order valence-corrected chi connectivity index (χ3v) is 3.23. The number of carbonyl (C=O) groups is 2. The van der Waals surface area contributed by atoms with Gasteiger partial charge < -0.3 is 15.2 Å². The number of pyridine rings is 1. The predicted octanol–water partition coefficient (Wildman–Crippen LogP) is 1.47. The summed E-state index contributed by atoms with van der Waals surface area (Å²) in [5.41, 5.74) is -0.0114. The normalized spacial score (nSPS) is 18.5. The zero-order valence-electron chi connectivity index (χ0n) is 11.2. The molecule has 20 heavy (non-hydrogen) atoms. The molecule has 0 spiro atoms. The van der Waals surface area contributed by atoms with E-state index >= 15 is 0 Å².